The number of nitrogens with one attached hydrogen (secondary N) is 1. The number of hydrazone groups is 1. The Hall–Kier alpha value is -4.34. The Bertz CT molecular complexity index is 1100. The van der Waals surface area contributed by atoms with Crippen LogP contribution in [0.1, 0.15) is 21.5 Å². The van der Waals surface area contributed by atoms with Crippen molar-refractivity contribution in [2.75, 3.05) is 0 Å². The van der Waals surface area contributed by atoms with Crippen LogP contribution in [0.3, 0.4) is 0 Å². The molecule has 0 aliphatic heterocycles. The van der Waals surface area contributed by atoms with E-state index in [2.05, 4.69) is 15.6 Å². The largest absolute Gasteiger partial charge is 0.423 e. The molecular formula is C20H17N5O5. The Labute approximate surface area is 170 Å². The fourth-order valence-electron chi connectivity index (χ4n) is 2.45. The molecule has 0 aliphatic carbocycles. The predicted octanol–water partition coefficient (Wildman–Crippen LogP) is 2.47. The van der Waals surface area contributed by atoms with Gasteiger partial charge in [0, 0.05) is 0 Å². The second-order valence-corrected chi connectivity index (χ2v) is 6.27. The quantitative estimate of drug-likeness (QED) is 0.211. The molecule has 1 heterocycles. The lowest BCUT2D eigenvalue weighted by Gasteiger charge is -2.05. The van der Waals surface area contributed by atoms with E-state index in [1.807, 2.05) is 13.0 Å². The molecule has 0 saturated heterocycles. The number of nitro groups is 1. The van der Waals surface area contributed by atoms with Crippen molar-refractivity contribution < 1.29 is 19.2 Å². The normalized spacial score (nSPS) is 10.7. The molecule has 10 nitrogen and oxygen atoms in total. The van der Waals surface area contributed by atoms with E-state index in [0.717, 1.165) is 22.6 Å². The smallest absolute Gasteiger partial charge is 0.343 e. The molecule has 0 unspecified atom stereocenters. The van der Waals surface area contributed by atoms with Crippen LogP contribution in [0.25, 0.3) is 0 Å². The van der Waals surface area contributed by atoms with Crippen molar-refractivity contribution >= 4 is 23.8 Å². The minimum absolute atomic E-state index is 0.200. The Morgan fingerprint density at radius 3 is 2.70 bits per heavy atom. The summed E-state index contributed by atoms with van der Waals surface area (Å²) in [6, 6.07) is 13.7. The summed E-state index contributed by atoms with van der Waals surface area (Å²) in [4.78, 5) is 34.0. The van der Waals surface area contributed by atoms with E-state index in [1.165, 1.54) is 6.21 Å². The third-order valence-corrected chi connectivity index (χ3v) is 3.88. The average Bonchev–Trinajstić information content (AvgIpc) is 3.18. The van der Waals surface area contributed by atoms with Crippen LogP contribution in [0.5, 0.6) is 5.75 Å². The van der Waals surface area contributed by atoms with Gasteiger partial charge in [-0.2, -0.15) is 10.2 Å². The van der Waals surface area contributed by atoms with E-state index >= 15 is 0 Å². The van der Waals surface area contributed by atoms with Crippen LogP contribution in [-0.4, -0.2) is 32.8 Å². The molecule has 0 fully saturated rings. The van der Waals surface area contributed by atoms with E-state index in [4.69, 9.17) is 4.74 Å². The summed E-state index contributed by atoms with van der Waals surface area (Å²) >= 11 is 0. The molecule has 0 bridgehead atoms. The van der Waals surface area contributed by atoms with Gasteiger partial charge in [-0.3, -0.25) is 19.6 Å². The second-order valence-electron chi connectivity index (χ2n) is 6.27. The van der Waals surface area contributed by atoms with Crippen LogP contribution >= 0.6 is 0 Å². The summed E-state index contributed by atoms with van der Waals surface area (Å²) in [6.07, 6.45) is 3.62. The van der Waals surface area contributed by atoms with E-state index in [1.54, 1.807) is 42.5 Å². The number of aryl methyl sites for hydroxylation is 1. The molecule has 0 saturated carbocycles. The highest BCUT2D eigenvalue weighted by Gasteiger charge is 2.11. The molecule has 152 valence electrons. The molecular weight excluding hydrogens is 390 g/mol. The first-order valence-electron chi connectivity index (χ1n) is 8.78. The molecule has 1 N–H and O–H groups in total. The van der Waals surface area contributed by atoms with Crippen LogP contribution in [0.4, 0.5) is 5.69 Å². The van der Waals surface area contributed by atoms with Gasteiger partial charge in [0.05, 0.1) is 16.7 Å². The molecule has 0 aliphatic rings. The highest BCUT2D eigenvalue weighted by atomic mass is 16.6. The summed E-state index contributed by atoms with van der Waals surface area (Å²) in [5, 5.41) is 18.1. The minimum Gasteiger partial charge on any atom is -0.423 e. The zero-order valence-electron chi connectivity index (χ0n) is 15.9. The van der Waals surface area contributed by atoms with Gasteiger partial charge in [-0.25, -0.2) is 10.2 Å². The Kier molecular flexibility index (Phi) is 6.28. The van der Waals surface area contributed by atoms with E-state index < -0.39 is 16.8 Å². The van der Waals surface area contributed by atoms with Crippen molar-refractivity contribution in [2.45, 2.75) is 13.5 Å². The number of carbonyl (C=O) groups excluding carboxylic acids is 2. The highest BCUT2D eigenvalue weighted by Crippen LogP contribution is 2.14. The third-order valence-electron chi connectivity index (χ3n) is 3.88. The first-order chi connectivity index (χ1) is 14.4. The number of hydrogen-bond acceptors (Lipinski definition) is 7. The molecule has 3 rings (SSSR count). The van der Waals surface area contributed by atoms with Crippen LogP contribution in [-0.2, 0) is 11.3 Å². The third kappa shape index (κ3) is 5.58. The molecule has 0 radical (unpaired) electrons. The minimum atomic E-state index is -0.596. The number of rotatable bonds is 7. The van der Waals surface area contributed by atoms with Crippen LogP contribution in [0.15, 0.2) is 66.0 Å². The molecule has 1 aromatic heterocycles. The molecule has 0 spiro atoms. The summed E-state index contributed by atoms with van der Waals surface area (Å²) in [5.41, 5.74) is 4.20. The van der Waals surface area contributed by atoms with Crippen molar-refractivity contribution in [1.29, 1.82) is 0 Å². The summed E-state index contributed by atoms with van der Waals surface area (Å²) in [7, 11) is 0. The van der Waals surface area contributed by atoms with Crippen molar-refractivity contribution in [3.63, 3.8) is 0 Å². The van der Waals surface area contributed by atoms with Gasteiger partial charge in [-0.1, -0.05) is 17.7 Å². The van der Waals surface area contributed by atoms with E-state index in [9.17, 15) is 19.7 Å². The molecule has 0 atom stereocenters. The first kappa shape index (κ1) is 20.4. The van der Waals surface area contributed by atoms with Crippen LogP contribution in [0.2, 0.25) is 0 Å². The lowest BCUT2D eigenvalue weighted by Crippen LogP contribution is -2.23. The Balaban J connectivity index is 1.50. The molecule has 3 aromatic rings. The predicted molar refractivity (Wildman–Crippen MR) is 107 cm³/mol. The van der Waals surface area contributed by atoms with Gasteiger partial charge in [0.2, 0.25) is 0 Å². The lowest BCUT2D eigenvalue weighted by atomic mass is 10.1. The zero-order chi connectivity index (χ0) is 21.5. The van der Waals surface area contributed by atoms with Crippen LogP contribution in [0, 0.1) is 17.0 Å². The number of carbonyl (C=O) groups is 2. The summed E-state index contributed by atoms with van der Waals surface area (Å²) in [6.45, 7) is 1.68. The number of benzene rings is 2. The Morgan fingerprint density at radius 2 is 2.03 bits per heavy atom. The molecule has 30 heavy (non-hydrogen) atoms. The standard InChI is InChI=1S/C20H17N5O5/c1-14-3-2-4-16(9-14)20(27)30-18-7-5-15(6-8-18)10-21-23-19(26)13-24-12-17(11-22-24)25(28)29/h2-12H,13H2,1H3,(H,23,26)/b21-10+. The van der Waals surface area contributed by atoms with Crippen molar-refractivity contribution in [3.05, 3.63) is 87.7 Å². The van der Waals surface area contributed by atoms with Gasteiger partial charge in [0.1, 0.15) is 24.7 Å². The van der Waals surface area contributed by atoms with Crippen molar-refractivity contribution in [1.82, 2.24) is 15.2 Å². The number of hydrogen-bond donors (Lipinski definition) is 1. The second kappa shape index (κ2) is 9.24. The fourth-order valence-corrected chi connectivity index (χ4v) is 2.45. The topological polar surface area (TPSA) is 129 Å². The maximum atomic E-state index is 12.1. The Morgan fingerprint density at radius 1 is 1.27 bits per heavy atom. The summed E-state index contributed by atoms with van der Waals surface area (Å²) in [5.74, 6) is -0.567. The van der Waals surface area contributed by atoms with Crippen molar-refractivity contribution in [3.8, 4) is 5.75 Å². The van der Waals surface area contributed by atoms with E-state index in [-0.39, 0.29) is 12.2 Å². The van der Waals surface area contributed by atoms with Gasteiger partial charge in [-0.15, -0.1) is 0 Å². The van der Waals surface area contributed by atoms with Gasteiger partial charge in [0.15, 0.2) is 0 Å². The van der Waals surface area contributed by atoms with Gasteiger partial charge >= 0.3 is 11.7 Å². The molecule has 10 heteroatoms. The van der Waals surface area contributed by atoms with Gasteiger partial charge in [0.25, 0.3) is 5.91 Å². The maximum Gasteiger partial charge on any atom is 0.343 e. The fraction of sp³-hybridized carbons (Fsp3) is 0.100. The zero-order valence-corrected chi connectivity index (χ0v) is 15.9. The molecule has 1 amide bonds. The number of amides is 1. The van der Waals surface area contributed by atoms with Crippen molar-refractivity contribution in [2.24, 2.45) is 5.10 Å². The van der Waals surface area contributed by atoms with Gasteiger partial charge < -0.3 is 4.74 Å². The van der Waals surface area contributed by atoms with Crippen LogP contribution < -0.4 is 10.2 Å². The SMILES string of the molecule is Cc1cccc(C(=O)Oc2ccc(/C=N/NC(=O)Cn3cc([N+](=O)[O-])cn3)cc2)c1. The first-order valence-corrected chi connectivity index (χ1v) is 8.78. The lowest BCUT2D eigenvalue weighted by molar-refractivity contribution is -0.385. The highest BCUT2D eigenvalue weighted by molar-refractivity contribution is 5.91. The number of nitrogens with zero attached hydrogens (tertiary/aromatic N) is 4. The number of esters is 1. The maximum absolute atomic E-state index is 12.1. The molecule has 2 aromatic carbocycles. The summed E-state index contributed by atoms with van der Waals surface area (Å²) < 4.78 is 6.47. The number of aromatic nitrogens is 2. The average molecular weight is 407 g/mol. The monoisotopic (exact) mass is 407 g/mol. The van der Waals surface area contributed by atoms with E-state index in [0.29, 0.717) is 16.9 Å². The van der Waals surface area contributed by atoms with Gasteiger partial charge in [-0.05, 0) is 48.9 Å². The number of ether oxygens (including phenoxy) is 1.